The van der Waals surface area contributed by atoms with E-state index in [2.05, 4.69) is 10.6 Å². The summed E-state index contributed by atoms with van der Waals surface area (Å²) in [5, 5.41) is 8.21. The topological polar surface area (TPSA) is 76.7 Å². The van der Waals surface area contributed by atoms with Gasteiger partial charge in [-0.25, -0.2) is 0 Å². The molecule has 6 nitrogen and oxygen atoms in total. The normalized spacial score (nSPS) is 20.4. The molecule has 2 aliphatic rings. The maximum Gasteiger partial charge on any atom is 0.286 e. The number of benzene rings is 2. The molecule has 8 heteroatoms. The first-order valence-electron chi connectivity index (χ1n) is 10.4. The third-order valence-electron chi connectivity index (χ3n) is 5.57. The van der Waals surface area contributed by atoms with E-state index in [1.807, 2.05) is 60.8 Å². The van der Waals surface area contributed by atoms with Crippen molar-refractivity contribution >= 4 is 44.3 Å². The quantitative estimate of drug-likeness (QED) is 0.504. The molecule has 0 bridgehead atoms. The minimum absolute atomic E-state index is 0.161. The van der Waals surface area contributed by atoms with Crippen molar-refractivity contribution in [2.24, 2.45) is 0 Å². The Morgan fingerprint density at radius 3 is 2.72 bits per heavy atom. The average Bonchev–Trinajstić information content (AvgIpc) is 3.50. The Bertz CT molecular complexity index is 1210. The molecule has 1 fully saturated rings. The molecule has 2 N–H and O–H groups in total. The van der Waals surface area contributed by atoms with Crippen LogP contribution in [-0.2, 0) is 16.0 Å². The molecule has 2 atom stereocenters. The van der Waals surface area contributed by atoms with Gasteiger partial charge in [-0.15, -0.1) is 11.3 Å². The number of imide groups is 1. The summed E-state index contributed by atoms with van der Waals surface area (Å²) in [7, 11) is 0. The number of thioether (sulfide) groups is 1. The van der Waals surface area contributed by atoms with Gasteiger partial charge in [-0.05, 0) is 36.4 Å². The van der Waals surface area contributed by atoms with E-state index in [1.165, 1.54) is 0 Å². The number of allylic oxidation sites excluding steroid dienone is 1. The second-order valence-electron chi connectivity index (χ2n) is 7.66. The molecule has 1 saturated heterocycles. The third-order valence-corrected chi connectivity index (χ3v) is 7.54. The van der Waals surface area contributed by atoms with Gasteiger partial charge in [0.1, 0.15) is 11.5 Å². The zero-order chi connectivity index (χ0) is 22.1. The Morgan fingerprint density at radius 2 is 1.94 bits per heavy atom. The summed E-state index contributed by atoms with van der Waals surface area (Å²) in [4.78, 5) is 23.4. The van der Waals surface area contributed by atoms with Crippen molar-refractivity contribution in [2.75, 3.05) is 6.61 Å². The highest BCUT2D eigenvalue weighted by Gasteiger charge is 2.32. The minimum atomic E-state index is -0.375. The Balaban J connectivity index is 1.23. The van der Waals surface area contributed by atoms with Crippen LogP contribution in [0.15, 0.2) is 65.4 Å². The van der Waals surface area contributed by atoms with Crippen molar-refractivity contribution in [3.8, 4) is 5.75 Å². The Labute approximate surface area is 194 Å². The van der Waals surface area contributed by atoms with Crippen molar-refractivity contribution in [3.05, 3.63) is 76.5 Å². The maximum atomic E-state index is 11.9. The summed E-state index contributed by atoms with van der Waals surface area (Å²) in [6.45, 7) is 2.49. The fourth-order valence-corrected chi connectivity index (χ4v) is 5.72. The van der Waals surface area contributed by atoms with Crippen molar-refractivity contribution in [1.82, 2.24) is 10.6 Å². The molecule has 2 aliphatic heterocycles. The van der Waals surface area contributed by atoms with Crippen molar-refractivity contribution in [2.45, 2.75) is 31.2 Å². The number of hydrogen-bond acceptors (Lipinski definition) is 7. The number of nitrogens with one attached hydrogen (secondary N) is 2. The van der Waals surface area contributed by atoms with Crippen LogP contribution >= 0.6 is 23.1 Å². The predicted octanol–water partition coefficient (Wildman–Crippen LogP) is 5.11. The van der Waals surface area contributed by atoms with E-state index in [-0.39, 0.29) is 22.6 Å². The van der Waals surface area contributed by atoms with Gasteiger partial charge in [0.2, 0.25) is 5.91 Å². The zero-order valence-corrected chi connectivity index (χ0v) is 19.1. The summed E-state index contributed by atoms with van der Waals surface area (Å²) in [5.41, 5.74) is 3.19. The molecule has 0 saturated carbocycles. The van der Waals surface area contributed by atoms with Gasteiger partial charge in [0.15, 0.2) is 6.23 Å². The Kier molecular flexibility index (Phi) is 5.80. The lowest BCUT2D eigenvalue weighted by atomic mass is 10.1. The number of fused-ring (bicyclic) bond motifs is 1. The van der Waals surface area contributed by atoms with E-state index in [0.717, 1.165) is 50.2 Å². The van der Waals surface area contributed by atoms with E-state index >= 15 is 0 Å². The van der Waals surface area contributed by atoms with Crippen LogP contribution in [0.1, 0.15) is 30.7 Å². The number of thiophene rings is 1. The molecule has 5 rings (SSSR count). The van der Waals surface area contributed by atoms with Crippen LogP contribution in [0, 0.1) is 0 Å². The molecule has 3 aromatic rings. The summed E-state index contributed by atoms with van der Waals surface area (Å²) in [6, 6.07) is 16.1. The number of rotatable bonds is 7. The Morgan fingerprint density at radius 1 is 1.09 bits per heavy atom. The lowest BCUT2D eigenvalue weighted by Gasteiger charge is -2.14. The highest BCUT2D eigenvalue weighted by molar-refractivity contribution is 8.15. The molecule has 0 spiro atoms. The standard InChI is InChI=1S/C24H22N2O4S2/c1-14-18(25-23(30-14)15-5-3-2-4-6-15)9-11-29-19-8-7-16(21-17(19)10-12-31-21)13-20-22(27)26-24(28)32-20/h2-8,10,12,20,23,25H,9,11,13H2,1H3,(H,26,27,28). The monoisotopic (exact) mass is 466 g/mol. The zero-order valence-electron chi connectivity index (χ0n) is 17.4. The van der Waals surface area contributed by atoms with Gasteiger partial charge in [-0.1, -0.05) is 48.2 Å². The number of amides is 2. The predicted molar refractivity (Wildman–Crippen MR) is 127 cm³/mol. The molecule has 164 valence electrons. The number of hydrogen-bond donors (Lipinski definition) is 2. The van der Waals surface area contributed by atoms with Crippen molar-refractivity contribution in [1.29, 1.82) is 0 Å². The summed E-state index contributed by atoms with van der Waals surface area (Å²) in [5.74, 6) is 1.50. The van der Waals surface area contributed by atoms with E-state index in [9.17, 15) is 9.59 Å². The number of carbonyl (C=O) groups excluding carboxylic acids is 2. The van der Waals surface area contributed by atoms with Crippen LogP contribution in [-0.4, -0.2) is 23.0 Å². The molecular formula is C24H22N2O4S2. The number of ether oxygens (including phenoxy) is 2. The van der Waals surface area contributed by atoms with Crippen LogP contribution in [0.5, 0.6) is 5.75 Å². The van der Waals surface area contributed by atoms with Crippen LogP contribution in [0.3, 0.4) is 0 Å². The van der Waals surface area contributed by atoms with Crippen LogP contribution in [0.25, 0.3) is 10.1 Å². The van der Waals surface area contributed by atoms with Gasteiger partial charge >= 0.3 is 0 Å². The van der Waals surface area contributed by atoms with E-state index in [1.54, 1.807) is 11.3 Å². The molecule has 0 radical (unpaired) electrons. The molecule has 0 aliphatic carbocycles. The van der Waals surface area contributed by atoms with Gasteiger partial charge < -0.3 is 14.8 Å². The second-order valence-corrected chi connectivity index (χ2v) is 9.75. The van der Waals surface area contributed by atoms with Gasteiger partial charge in [-0.3, -0.25) is 14.9 Å². The SMILES string of the molecule is CC1=C(CCOc2ccc(CC3SC(=O)NC3=O)c3sccc23)NC(c2ccccc2)O1. The summed E-state index contributed by atoms with van der Waals surface area (Å²) in [6.07, 6.45) is 1.07. The van der Waals surface area contributed by atoms with Crippen LogP contribution < -0.4 is 15.4 Å². The van der Waals surface area contributed by atoms with Crippen molar-refractivity contribution < 1.29 is 19.1 Å². The average molecular weight is 467 g/mol. The second kappa shape index (κ2) is 8.88. The summed E-state index contributed by atoms with van der Waals surface area (Å²) < 4.78 is 13.2. The maximum absolute atomic E-state index is 11.9. The lowest BCUT2D eigenvalue weighted by molar-refractivity contribution is -0.118. The highest BCUT2D eigenvalue weighted by atomic mass is 32.2. The smallest absolute Gasteiger partial charge is 0.286 e. The Hall–Kier alpha value is -2.97. The lowest BCUT2D eigenvalue weighted by Crippen LogP contribution is -2.25. The molecule has 2 unspecified atom stereocenters. The first kappa shape index (κ1) is 20.9. The van der Waals surface area contributed by atoms with Gasteiger partial charge in [0.25, 0.3) is 5.24 Å². The van der Waals surface area contributed by atoms with Crippen LogP contribution in [0.2, 0.25) is 0 Å². The molecule has 32 heavy (non-hydrogen) atoms. The van der Waals surface area contributed by atoms with E-state index in [4.69, 9.17) is 9.47 Å². The van der Waals surface area contributed by atoms with Crippen LogP contribution in [0.4, 0.5) is 4.79 Å². The minimum Gasteiger partial charge on any atom is -0.493 e. The highest BCUT2D eigenvalue weighted by Crippen LogP contribution is 2.36. The molecule has 1 aromatic heterocycles. The first-order chi connectivity index (χ1) is 15.6. The number of carbonyl (C=O) groups is 2. The first-order valence-corrected chi connectivity index (χ1v) is 12.2. The molecule has 3 heterocycles. The van der Waals surface area contributed by atoms with Gasteiger partial charge in [-0.2, -0.15) is 0 Å². The fraction of sp³-hybridized carbons (Fsp3) is 0.250. The van der Waals surface area contributed by atoms with Gasteiger partial charge in [0, 0.05) is 22.1 Å². The summed E-state index contributed by atoms with van der Waals surface area (Å²) >= 11 is 2.68. The molecule has 2 aromatic carbocycles. The third kappa shape index (κ3) is 4.20. The fourth-order valence-electron chi connectivity index (χ4n) is 3.94. The molecule has 2 amide bonds. The van der Waals surface area contributed by atoms with E-state index in [0.29, 0.717) is 19.4 Å². The largest absolute Gasteiger partial charge is 0.493 e. The molecular weight excluding hydrogens is 444 g/mol. The van der Waals surface area contributed by atoms with Crippen molar-refractivity contribution in [3.63, 3.8) is 0 Å². The van der Waals surface area contributed by atoms with Gasteiger partial charge in [0.05, 0.1) is 17.6 Å². The van der Waals surface area contributed by atoms with E-state index < -0.39 is 0 Å².